The summed E-state index contributed by atoms with van der Waals surface area (Å²) in [5, 5.41) is 29.6. The molecule has 4 unspecified atom stereocenters. The first kappa shape index (κ1) is 35.4. The highest BCUT2D eigenvalue weighted by molar-refractivity contribution is 7.80. The fraction of sp³-hybridized carbons (Fsp3) is 0.333. The number of nitrogens with two attached hydrogens (primary N) is 2. The number of H-pyrrole nitrogens is 1. The summed E-state index contributed by atoms with van der Waals surface area (Å²) in [6, 6.07) is 8.39. The topological polar surface area (TPSA) is 259 Å². The maximum atomic E-state index is 13.1. The Morgan fingerprint density at radius 2 is 1.50 bits per heavy atom. The lowest BCUT2D eigenvalue weighted by Crippen LogP contribution is -2.57. The molecule has 0 bridgehead atoms. The number of carboxylic acids is 1. The molecule has 11 N–H and O–H groups in total. The quantitative estimate of drug-likeness (QED) is 0.0785. The molecule has 4 atom stereocenters. The van der Waals surface area contributed by atoms with Gasteiger partial charge in [-0.05, 0) is 42.2 Å². The molecule has 1 heterocycles. The Bertz CT molecular complexity index is 1560. The minimum atomic E-state index is -1.33. The summed E-state index contributed by atoms with van der Waals surface area (Å²) in [5.41, 5.74) is 13.3. The van der Waals surface area contributed by atoms with Crippen molar-refractivity contribution in [2.75, 3.05) is 12.3 Å². The Kier molecular flexibility index (Phi) is 13.0. The fourth-order valence-corrected chi connectivity index (χ4v) is 4.79. The van der Waals surface area contributed by atoms with Gasteiger partial charge in [-0.2, -0.15) is 12.6 Å². The van der Waals surface area contributed by atoms with Gasteiger partial charge in [0.05, 0.1) is 12.6 Å². The second-order valence-electron chi connectivity index (χ2n) is 10.5. The second kappa shape index (κ2) is 16.8. The maximum absolute atomic E-state index is 13.1. The lowest BCUT2D eigenvalue weighted by atomic mass is 10.0. The van der Waals surface area contributed by atoms with Gasteiger partial charge in [0, 0.05) is 35.7 Å². The fourth-order valence-electron chi connectivity index (χ4n) is 4.54. The number of thiol groups is 1. The van der Waals surface area contributed by atoms with Crippen molar-refractivity contribution in [1.29, 1.82) is 0 Å². The Labute approximate surface area is 269 Å². The molecule has 46 heavy (non-hydrogen) atoms. The molecule has 15 nitrogen and oxygen atoms in total. The molecule has 2 aromatic carbocycles. The summed E-state index contributed by atoms with van der Waals surface area (Å²) in [4.78, 5) is 77.7. The highest BCUT2D eigenvalue weighted by atomic mass is 32.1. The molecule has 0 aliphatic rings. The third kappa shape index (κ3) is 10.5. The van der Waals surface area contributed by atoms with E-state index in [0.29, 0.717) is 11.1 Å². The van der Waals surface area contributed by atoms with E-state index < -0.39 is 66.2 Å². The Hall–Kier alpha value is -5.09. The van der Waals surface area contributed by atoms with Crippen molar-refractivity contribution < 1.29 is 39.0 Å². The number of nitrogens with one attached hydrogen (secondary N) is 5. The molecule has 0 aliphatic carbocycles. The van der Waals surface area contributed by atoms with Gasteiger partial charge < -0.3 is 47.9 Å². The third-order valence-electron chi connectivity index (χ3n) is 7.01. The number of carbonyl (C=O) groups excluding carboxylic acids is 5. The number of fused-ring (bicyclic) bond motifs is 1. The largest absolute Gasteiger partial charge is 0.508 e. The number of aliphatic carboxylic acids is 1. The van der Waals surface area contributed by atoms with E-state index in [9.17, 15) is 39.0 Å². The van der Waals surface area contributed by atoms with Crippen molar-refractivity contribution >= 4 is 59.0 Å². The Balaban J connectivity index is 1.58. The van der Waals surface area contributed by atoms with E-state index >= 15 is 0 Å². The molecule has 0 saturated carbocycles. The number of primary amides is 1. The average Bonchev–Trinajstić information content (AvgIpc) is 3.43. The molecular weight excluding hydrogens is 618 g/mol. The number of amides is 5. The first-order valence-electron chi connectivity index (χ1n) is 14.3. The number of aromatic nitrogens is 1. The minimum Gasteiger partial charge on any atom is -0.508 e. The van der Waals surface area contributed by atoms with E-state index in [1.807, 2.05) is 18.2 Å². The van der Waals surface area contributed by atoms with Gasteiger partial charge in [-0.25, -0.2) is 4.79 Å². The highest BCUT2D eigenvalue weighted by Crippen LogP contribution is 2.19. The molecule has 5 amide bonds. The van der Waals surface area contributed by atoms with Crippen molar-refractivity contribution in [3.8, 4) is 5.75 Å². The summed E-state index contributed by atoms with van der Waals surface area (Å²) in [6.07, 6.45) is 1.24. The van der Waals surface area contributed by atoms with Gasteiger partial charge in [-0.15, -0.1) is 0 Å². The average molecular weight is 656 g/mol. The molecule has 0 aliphatic heterocycles. The number of hydrogen-bond donors (Lipinski definition) is 10. The Morgan fingerprint density at radius 1 is 0.848 bits per heavy atom. The number of hydrogen-bond acceptors (Lipinski definition) is 9. The zero-order valence-corrected chi connectivity index (χ0v) is 25.6. The van der Waals surface area contributed by atoms with Crippen molar-refractivity contribution in [2.45, 2.75) is 49.9 Å². The van der Waals surface area contributed by atoms with E-state index in [4.69, 9.17) is 11.5 Å². The molecule has 3 aromatic rings. The van der Waals surface area contributed by atoms with E-state index in [-0.39, 0.29) is 37.2 Å². The van der Waals surface area contributed by atoms with Crippen LogP contribution in [0.4, 0.5) is 0 Å². The minimum absolute atomic E-state index is 0.0417. The number of phenols is 1. The highest BCUT2D eigenvalue weighted by Gasteiger charge is 2.30. The molecular formula is C30H37N7O8S. The van der Waals surface area contributed by atoms with Crippen LogP contribution in [0.25, 0.3) is 10.9 Å². The third-order valence-corrected chi connectivity index (χ3v) is 7.38. The van der Waals surface area contributed by atoms with Crippen LogP contribution in [0, 0.1) is 0 Å². The molecule has 1 aromatic heterocycles. The van der Waals surface area contributed by atoms with Crippen molar-refractivity contribution in [3.05, 3.63) is 65.9 Å². The molecule has 0 fully saturated rings. The van der Waals surface area contributed by atoms with Crippen LogP contribution < -0.4 is 32.7 Å². The number of phenolic OH excluding ortho intramolecular Hbond substituents is 1. The predicted molar refractivity (Wildman–Crippen MR) is 171 cm³/mol. The van der Waals surface area contributed by atoms with Gasteiger partial charge in [-0.1, -0.05) is 30.3 Å². The van der Waals surface area contributed by atoms with Gasteiger partial charge >= 0.3 is 5.97 Å². The van der Waals surface area contributed by atoms with Gasteiger partial charge in [0.1, 0.15) is 23.9 Å². The van der Waals surface area contributed by atoms with Crippen LogP contribution in [-0.2, 0) is 41.6 Å². The summed E-state index contributed by atoms with van der Waals surface area (Å²) in [7, 11) is 0. The second-order valence-corrected chi connectivity index (χ2v) is 10.9. The molecule has 0 spiro atoms. The number of aromatic hydroxyl groups is 1. The van der Waals surface area contributed by atoms with Gasteiger partial charge in [0.25, 0.3) is 0 Å². The number of rotatable bonds is 17. The normalized spacial score (nSPS) is 13.5. The van der Waals surface area contributed by atoms with Crippen LogP contribution >= 0.6 is 12.6 Å². The molecule has 246 valence electrons. The van der Waals surface area contributed by atoms with Crippen molar-refractivity contribution in [3.63, 3.8) is 0 Å². The standard InChI is InChI=1S/C30H37N7O8S/c31-20(11-16-5-7-18(38)8-6-16)27(41)34-14-26(40)35-22(9-10-25(32)39)28(42)37-24(15-46)29(43)36-23(30(44)45)12-17-13-33-21-4-2-1-3-19(17)21/h1-8,13,20,22-24,33,38,46H,9-12,14-15,31H2,(H2,32,39)(H,34,41)(H,35,40)(H,36,43)(H,37,42)(H,44,45). The zero-order valence-electron chi connectivity index (χ0n) is 24.7. The predicted octanol–water partition coefficient (Wildman–Crippen LogP) is -1.16. The SMILES string of the molecule is NC(=O)CCC(NC(=O)CNC(=O)C(N)Cc1ccc(O)cc1)C(=O)NC(CS)C(=O)NC(Cc1c[nH]c2ccccc12)C(=O)O. The number of carboxylic acid groups (broad SMARTS) is 1. The summed E-state index contributed by atoms with van der Waals surface area (Å²) >= 11 is 4.12. The monoisotopic (exact) mass is 655 g/mol. The maximum Gasteiger partial charge on any atom is 0.326 e. The van der Waals surface area contributed by atoms with Crippen LogP contribution in [0.1, 0.15) is 24.0 Å². The molecule has 0 saturated heterocycles. The number of aromatic amines is 1. The van der Waals surface area contributed by atoms with Gasteiger partial charge in [-0.3, -0.25) is 24.0 Å². The smallest absolute Gasteiger partial charge is 0.326 e. The van der Waals surface area contributed by atoms with E-state index in [1.165, 1.54) is 12.1 Å². The van der Waals surface area contributed by atoms with Crippen LogP contribution in [0.5, 0.6) is 5.75 Å². The van der Waals surface area contributed by atoms with Crippen molar-refractivity contribution in [2.24, 2.45) is 11.5 Å². The van der Waals surface area contributed by atoms with E-state index in [0.717, 1.165) is 10.9 Å². The van der Waals surface area contributed by atoms with Gasteiger partial charge in [0.2, 0.25) is 29.5 Å². The van der Waals surface area contributed by atoms with E-state index in [2.05, 4.69) is 38.9 Å². The summed E-state index contributed by atoms with van der Waals surface area (Å²) in [6.45, 7) is -0.549. The van der Waals surface area contributed by atoms with E-state index in [1.54, 1.807) is 24.4 Å². The summed E-state index contributed by atoms with van der Waals surface area (Å²) in [5.74, 6) is -5.32. The van der Waals surface area contributed by atoms with Crippen LogP contribution in [-0.4, -0.2) is 87.2 Å². The lowest BCUT2D eigenvalue weighted by Gasteiger charge is -2.23. The first-order valence-corrected chi connectivity index (χ1v) is 14.9. The van der Waals surface area contributed by atoms with Crippen LogP contribution in [0.2, 0.25) is 0 Å². The van der Waals surface area contributed by atoms with Crippen LogP contribution in [0.3, 0.4) is 0 Å². The van der Waals surface area contributed by atoms with Crippen LogP contribution in [0.15, 0.2) is 54.7 Å². The van der Waals surface area contributed by atoms with Gasteiger partial charge in [0.15, 0.2) is 0 Å². The number of para-hydroxylation sites is 1. The lowest BCUT2D eigenvalue weighted by molar-refractivity contribution is -0.142. The molecule has 16 heteroatoms. The molecule has 0 radical (unpaired) electrons. The first-order chi connectivity index (χ1) is 21.9. The number of carbonyl (C=O) groups is 6. The zero-order chi connectivity index (χ0) is 33.8. The number of benzene rings is 2. The van der Waals surface area contributed by atoms with Crippen molar-refractivity contribution in [1.82, 2.24) is 26.3 Å². The molecule has 3 rings (SSSR count). The summed E-state index contributed by atoms with van der Waals surface area (Å²) < 4.78 is 0. The Morgan fingerprint density at radius 3 is 2.15 bits per heavy atom.